The molecule has 0 bridgehead atoms. The van der Waals surface area contributed by atoms with Crippen LogP contribution in [-0.2, 0) is 0 Å². The van der Waals surface area contributed by atoms with E-state index in [1.165, 1.54) is 0 Å². The minimum atomic E-state index is -0.957. The fraction of sp³-hybridized carbons (Fsp3) is 0.375. The van der Waals surface area contributed by atoms with Gasteiger partial charge in [-0.2, -0.15) is 5.10 Å². The Morgan fingerprint density at radius 1 is 1.41 bits per heavy atom. The molecule has 1 unspecified atom stereocenters. The van der Waals surface area contributed by atoms with Crippen LogP contribution in [0.3, 0.4) is 0 Å². The smallest absolute Gasteiger partial charge is 0.271 e. The van der Waals surface area contributed by atoms with Crippen LogP contribution in [0.5, 0.6) is 0 Å². The van der Waals surface area contributed by atoms with E-state index in [1.807, 2.05) is 32.0 Å². The summed E-state index contributed by atoms with van der Waals surface area (Å²) < 4.78 is 1.55. The Morgan fingerprint density at radius 2 is 2.09 bits per heavy atom. The van der Waals surface area contributed by atoms with Crippen LogP contribution < -0.4 is 5.32 Å². The first kappa shape index (κ1) is 16.5. The molecule has 2 rings (SSSR count). The second-order valence-electron chi connectivity index (χ2n) is 5.79. The van der Waals surface area contributed by atoms with E-state index >= 15 is 0 Å². The van der Waals surface area contributed by atoms with Crippen molar-refractivity contribution < 1.29 is 9.90 Å². The molecule has 5 nitrogen and oxygen atoms in total. The number of nitrogens with zero attached hydrogens (tertiary/aromatic N) is 2. The molecule has 1 atom stereocenters. The van der Waals surface area contributed by atoms with E-state index in [0.29, 0.717) is 10.7 Å². The summed E-state index contributed by atoms with van der Waals surface area (Å²) in [7, 11) is 0. The highest BCUT2D eigenvalue weighted by molar-refractivity contribution is 6.32. The molecule has 0 aliphatic heterocycles. The Morgan fingerprint density at radius 3 is 2.73 bits per heavy atom. The van der Waals surface area contributed by atoms with E-state index in [4.69, 9.17) is 11.6 Å². The molecule has 0 saturated heterocycles. The van der Waals surface area contributed by atoms with Gasteiger partial charge < -0.3 is 10.4 Å². The van der Waals surface area contributed by atoms with Crippen molar-refractivity contribution in [3.63, 3.8) is 0 Å². The number of aromatic nitrogens is 2. The van der Waals surface area contributed by atoms with Crippen LogP contribution in [0.1, 0.15) is 31.3 Å². The Kier molecular flexibility index (Phi) is 4.88. The number of carbonyl (C=O) groups excluding carboxylic acids is 1. The van der Waals surface area contributed by atoms with Crippen molar-refractivity contribution in [2.45, 2.75) is 26.4 Å². The van der Waals surface area contributed by atoms with E-state index in [2.05, 4.69) is 10.4 Å². The van der Waals surface area contributed by atoms with Crippen molar-refractivity contribution in [3.8, 4) is 5.69 Å². The number of hydrogen-bond acceptors (Lipinski definition) is 3. The summed E-state index contributed by atoms with van der Waals surface area (Å²) in [6.45, 7) is 5.67. The predicted octanol–water partition coefficient (Wildman–Crippen LogP) is 2.66. The molecule has 0 aliphatic carbocycles. The number of rotatable bonds is 5. The Bertz CT molecular complexity index is 665. The molecule has 0 saturated carbocycles. The van der Waals surface area contributed by atoms with Crippen LogP contribution in [0.15, 0.2) is 36.5 Å². The number of para-hydroxylation sites is 1. The number of aliphatic hydroxyl groups is 1. The molecule has 1 amide bonds. The fourth-order valence-corrected chi connectivity index (χ4v) is 1.99. The third-order valence-corrected chi connectivity index (χ3v) is 4.09. The average Bonchev–Trinajstić information content (AvgIpc) is 2.95. The SMILES string of the molecule is CC(C)C(C)(O)CNC(=O)c1ccn(-c2ccccc2Cl)n1. The maximum Gasteiger partial charge on any atom is 0.271 e. The lowest BCUT2D eigenvalue weighted by Gasteiger charge is -2.27. The van der Waals surface area contributed by atoms with Crippen LogP contribution in [0.2, 0.25) is 5.02 Å². The lowest BCUT2D eigenvalue weighted by Crippen LogP contribution is -2.44. The van der Waals surface area contributed by atoms with Gasteiger partial charge in [0.2, 0.25) is 0 Å². The van der Waals surface area contributed by atoms with Gasteiger partial charge in [0.05, 0.1) is 16.3 Å². The minimum absolute atomic E-state index is 0.0356. The van der Waals surface area contributed by atoms with Crippen molar-refractivity contribution in [1.29, 1.82) is 0 Å². The maximum atomic E-state index is 12.1. The molecule has 0 aliphatic rings. The van der Waals surface area contributed by atoms with Gasteiger partial charge in [-0.3, -0.25) is 4.79 Å². The van der Waals surface area contributed by atoms with Gasteiger partial charge in [-0.1, -0.05) is 37.6 Å². The van der Waals surface area contributed by atoms with Gasteiger partial charge in [0.1, 0.15) is 0 Å². The molecule has 1 aromatic carbocycles. The van der Waals surface area contributed by atoms with E-state index in [1.54, 1.807) is 29.9 Å². The molecule has 2 N–H and O–H groups in total. The zero-order valence-corrected chi connectivity index (χ0v) is 13.6. The normalized spacial score (nSPS) is 13.9. The van der Waals surface area contributed by atoms with E-state index in [-0.39, 0.29) is 24.1 Å². The second kappa shape index (κ2) is 6.50. The summed E-state index contributed by atoms with van der Waals surface area (Å²) in [5.74, 6) is -0.291. The van der Waals surface area contributed by atoms with Crippen molar-refractivity contribution >= 4 is 17.5 Å². The Hall–Kier alpha value is -1.85. The van der Waals surface area contributed by atoms with Gasteiger partial charge in [-0.25, -0.2) is 4.68 Å². The van der Waals surface area contributed by atoms with Gasteiger partial charge in [-0.05, 0) is 31.0 Å². The molecule has 6 heteroatoms. The summed E-state index contributed by atoms with van der Waals surface area (Å²) in [4.78, 5) is 12.1. The summed E-state index contributed by atoms with van der Waals surface area (Å²) in [6.07, 6.45) is 1.68. The largest absolute Gasteiger partial charge is 0.388 e. The first-order chi connectivity index (χ1) is 10.3. The number of carbonyl (C=O) groups is 1. The Labute approximate surface area is 134 Å². The third kappa shape index (κ3) is 3.67. The van der Waals surface area contributed by atoms with Crippen LogP contribution >= 0.6 is 11.6 Å². The lowest BCUT2D eigenvalue weighted by atomic mass is 9.92. The molecule has 0 radical (unpaired) electrons. The van der Waals surface area contributed by atoms with Crippen molar-refractivity contribution in [1.82, 2.24) is 15.1 Å². The quantitative estimate of drug-likeness (QED) is 0.889. The van der Waals surface area contributed by atoms with E-state index in [9.17, 15) is 9.90 Å². The highest BCUT2D eigenvalue weighted by Gasteiger charge is 2.26. The summed E-state index contributed by atoms with van der Waals surface area (Å²) in [5.41, 5.74) is 0.0258. The van der Waals surface area contributed by atoms with Crippen molar-refractivity contribution in [3.05, 3.63) is 47.2 Å². The molecule has 1 aromatic heterocycles. The van der Waals surface area contributed by atoms with Crippen LogP contribution in [0, 0.1) is 5.92 Å². The van der Waals surface area contributed by atoms with Gasteiger partial charge in [0.25, 0.3) is 5.91 Å². The number of amides is 1. The van der Waals surface area contributed by atoms with Gasteiger partial charge in [0.15, 0.2) is 5.69 Å². The summed E-state index contributed by atoms with van der Waals surface area (Å²) in [5, 5.41) is 17.6. The number of nitrogens with one attached hydrogen (secondary N) is 1. The number of hydrogen-bond donors (Lipinski definition) is 2. The molecule has 118 valence electrons. The third-order valence-electron chi connectivity index (χ3n) is 3.77. The zero-order valence-electron chi connectivity index (χ0n) is 12.9. The molecular weight excluding hydrogens is 302 g/mol. The van der Waals surface area contributed by atoms with Crippen LogP contribution in [0.4, 0.5) is 0 Å². The van der Waals surface area contributed by atoms with Gasteiger partial charge in [0, 0.05) is 12.7 Å². The maximum absolute atomic E-state index is 12.1. The summed E-state index contributed by atoms with van der Waals surface area (Å²) in [6, 6.07) is 8.88. The highest BCUT2D eigenvalue weighted by atomic mass is 35.5. The molecule has 0 fully saturated rings. The van der Waals surface area contributed by atoms with Gasteiger partial charge >= 0.3 is 0 Å². The highest BCUT2D eigenvalue weighted by Crippen LogP contribution is 2.19. The average molecular weight is 322 g/mol. The molecule has 1 heterocycles. The first-order valence-electron chi connectivity index (χ1n) is 7.12. The Balaban J connectivity index is 2.09. The van der Waals surface area contributed by atoms with Gasteiger partial charge in [-0.15, -0.1) is 0 Å². The minimum Gasteiger partial charge on any atom is -0.388 e. The lowest BCUT2D eigenvalue weighted by molar-refractivity contribution is 0.0142. The van der Waals surface area contributed by atoms with Crippen LogP contribution in [0.25, 0.3) is 5.69 Å². The van der Waals surface area contributed by atoms with Crippen molar-refractivity contribution in [2.24, 2.45) is 5.92 Å². The fourth-order valence-electron chi connectivity index (χ4n) is 1.77. The predicted molar refractivity (Wildman–Crippen MR) is 86.4 cm³/mol. The standard InChI is InChI=1S/C16H20ClN3O2/c1-11(2)16(3,22)10-18-15(21)13-8-9-20(19-13)14-7-5-4-6-12(14)17/h4-9,11,22H,10H2,1-3H3,(H,18,21). The topological polar surface area (TPSA) is 67.2 Å². The summed E-state index contributed by atoms with van der Waals surface area (Å²) >= 11 is 6.11. The molecule has 22 heavy (non-hydrogen) atoms. The van der Waals surface area contributed by atoms with E-state index in [0.717, 1.165) is 0 Å². The monoisotopic (exact) mass is 321 g/mol. The zero-order chi connectivity index (χ0) is 16.3. The van der Waals surface area contributed by atoms with Crippen LogP contribution in [-0.4, -0.2) is 32.9 Å². The molecule has 0 spiro atoms. The number of benzene rings is 1. The van der Waals surface area contributed by atoms with E-state index < -0.39 is 5.60 Å². The molecular formula is C16H20ClN3O2. The molecule has 2 aromatic rings. The first-order valence-corrected chi connectivity index (χ1v) is 7.50. The van der Waals surface area contributed by atoms with Crippen molar-refractivity contribution in [2.75, 3.05) is 6.54 Å². The number of halogens is 1. The second-order valence-corrected chi connectivity index (χ2v) is 6.20.